The molecular weight excluding hydrogens is 447 g/mol. The predicted molar refractivity (Wildman–Crippen MR) is 123 cm³/mol. The maximum atomic E-state index is 13.4. The molecule has 10 heteroatoms. The Balaban J connectivity index is 1.45. The number of pyridine rings is 1. The van der Waals surface area contributed by atoms with Crippen molar-refractivity contribution in [3.05, 3.63) is 53.2 Å². The number of aromatic nitrogens is 1. The van der Waals surface area contributed by atoms with Gasteiger partial charge in [0.15, 0.2) is 5.82 Å². The lowest BCUT2D eigenvalue weighted by Gasteiger charge is -2.44. The van der Waals surface area contributed by atoms with Gasteiger partial charge < -0.3 is 15.5 Å². The summed E-state index contributed by atoms with van der Waals surface area (Å²) in [6.45, 7) is 3.97. The average molecular weight is 476 g/mol. The first-order valence-electron chi connectivity index (χ1n) is 11.5. The third kappa shape index (κ3) is 5.16. The van der Waals surface area contributed by atoms with Gasteiger partial charge in [0.05, 0.1) is 16.8 Å². The van der Waals surface area contributed by atoms with Crippen LogP contribution in [0.2, 0.25) is 0 Å². The number of amides is 2. The van der Waals surface area contributed by atoms with Crippen molar-refractivity contribution in [2.45, 2.75) is 44.9 Å². The second kappa shape index (κ2) is 10.0. The summed E-state index contributed by atoms with van der Waals surface area (Å²) in [5.74, 6) is 0.0713. The van der Waals surface area contributed by atoms with Gasteiger partial charge >= 0.3 is 6.18 Å². The zero-order valence-electron chi connectivity index (χ0n) is 19.0. The van der Waals surface area contributed by atoms with Crippen molar-refractivity contribution in [2.24, 2.45) is 0 Å². The Hall–Kier alpha value is -3.14. The van der Waals surface area contributed by atoms with E-state index >= 15 is 0 Å². The summed E-state index contributed by atoms with van der Waals surface area (Å²) in [6.07, 6.45) is 0.0637. The number of benzene rings is 1. The minimum Gasteiger partial charge on any atom is -0.352 e. The zero-order chi connectivity index (χ0) is 24.3. The number of unbranched alkanes of at least 4 members (excludes halogenated alkanes) is 2. The third-order valence-corrected chi connectivity index (χ3v) is 6.21. The number of halogens is 3. The number of carbonyl (C=O) groups is 2. The second-order valence-electron chi connectivity index (χ2n) is 8.65. The van der Waals surface area contributed by atoms with E-state index in [0.29, 0.717) is 36.7 Å². The maximum Gasteiger partial charge on any atom is 0.416 e. The first kappa shape index (κ1) is 24.0. The Morgan fingerprint density at radius 1 is 1.24 bits per heavy atom. The third-order valence-electron chi connectivity index (χ3n) is 6.21. The fraction of sp³-hybridized carbons (Fsp3) is 0.458. The lowest BCUT2D eigenvalue weighted by atomic mass is 10.0. The van der Waals surface area contributed by atoms with Crippen molar-refractivity contribution in [2.75, 3.05) is 36.4 Å². The fourth-order valence-corrected chi connectivity index (χ4v) is 4.43. The number of nitrogens with zero attached hydrogens (tertiary/aromatic N) is 3. The first-order valence-corrected chi connectivity index (χ1v) is 11.5. The van der Waals surface area contributed by atoms with Gasteiger partial charge in [0, 0.05) is 38.9 Å². The molecule has 3 heterocycles. The molecule has 0 aliphatic carbocycles. The van der Waals surface area contributed by atoms with E-state index in [4.69, 9.17) is 0 Å². The van der Waals surface area contributed by atoms with Crippen LogP contribution in [0.25, 0.3) is 0 Å². The summed E-state index contributed by atoms with van der Waals surface area (Å²) in [7, 11) is 0. The van der Waals surface area contributed by atoms with Gasteiger partial charge in [-0.3, -0.25) is 14.5 Å². The van der Waals surface area contributed by atoms with Gasteiger partial charge in [0.1, 0.15) is 6.04 Å². The lowest BCUT2D eigenvalue weighted by Crippen LogP contribution is -2.60. The van der Waals surface area contributed by atoms with Crippen LogP contribution in [0.3, 0.4) is 0 Å². The molecule has 0 saturated carbocycles. The normalized spacial score (nSPS) is 18.2. The maximum absolute atomic E-state index is 13.4. The number of alkyl halides is 3. The van der Waals surface area contributed by atoms with Crippen LogP contribution >= 0.6 is 0 Å². The molecule has 1 unspecified atom stereocenters. The van der Waals surface area contributed by atoms with Gasteiger partial charge in [-0.05, 0) is 24.1 Å². The van der Waals surface area contributed by atoms with Crippen molar-refractivity contribution >= 4 is 23.3 Å². The molecule has 1 fully saturated rings. The molecule has 0 spiro atoms. The number of fused-ring (bicyclic) bond motifs is 3. The quantitative estimate of drug-likeness (QED) is 0.598. The lowest BCUT2D eigenvalue weighted by molar-refractivity contribution is -0.138. The van der Waals surface area contributed by atoms with E-state index < -0.39 is 17.8 Å². The highest BCUT2D eigenvalue weighted by atomic mass is 19.4. The van der Waals surface area contributed by atoms with E-state index in [1.165, 1.54) is 18.3 Å². The average Bonchev–Trinajstić information content (AvgIpc) is 2.81. The molecule has 0 bridgehead atoms. The molecule has 2 aliphatic heterocycles. The van der Waals surface area contributed by atoms with Gasteiger partial charge in [-0.1, -0.05) is 38.0 Å². The highest BCUT2D eigenvalue weighted by Gasteiger charge is 2.39. The van der Waals surface area contributed by atoms with Gasteiger partial charge in [-0.15, -0.1) is 0 Å². The van der Waals surface area contributed by atoms with Crippen molar-refractivity contribution in [1.82, 2.24) is 15.2 Å². The number of nitrogens with one attached hydrogen (secondary N) is 2. The molecule has 1 atom stereocenters. The molecule has 4 rings (SSSR count). The fourth-order valence-electron chi connectivity index (χ4n) is 4.43. The van der Waals surface area contributed by atoms with Crippen LogP contribution in [-0.2, 0) is 17.5 Å². The number of anilines is 2. The summed E-state index contributed by atoms with van der Waals surface area (Å²) in [6, 6.07) is 6.57. The largest absolute Gasteiger partial charge is 0.416 e. The Morgan fingerprint density at radius 2 is 2.03 bits per heavy atom. The van der Waals surface area contributed by atoms with Crippen molar-refractivity contribution in [3.8, 4) is 0 Å². The summed E-state index contributed by atoms with van der Waals surface area (Å²) >= 11 is 0. The molecule has 2 aromatic rings. The Labute approximate surface area is 196 Å². The summed E-state index contributed by atoms with van der Waals surface area (Å²) in [4.78, 5) is 33.4. The summed E-state index contributed by atoms with van der Waals surface area (Å²) < 4.78 is 40.1. The van der Waals surface area contributed by atoms with E-state index in [2.05, 4.69) is 22.5 Å². The van der Waals surface area contributed by atoms with Gasteiger partial charge in [0.25, 0.3) is 5.91 Å². The molecule has 34 heavy (non-hydrogen) atoms. The van der Waals surface area contributed by atoms with E-state index in [1.807, 2.05) is 9.80 Å². The smallest absolute Gasteiger partial charge is 0.352 e. The van der Waals surface area contributed by atoms with Crippen LogP contribution < -0.4 is 15.5 Å². The monoisotopic (exact) mass is 475 g/mol. The minimum atomic E-state index is -4.43. The minimum absolute atomic E-state index is 0.102. The van der Waals surface area contributed by atoms with Crippen LogP contribution in [0.5, 0.6) is 0 Å². The highest BCUT2D eigenvalue weighted by Crippen LogP contribution is 2.35. The van der Waals surface area contributed by atoms with E-state index in [0.717, 1.165) is 25.3 Å². The number of rotatable bonds is 7. The molecule has 2 aliphatic rings. The number of piperazine rings is 1. The highest BCUT2D eigenvalue weighted by molar-refractivity contribution is 6.05. The van der Waals surface area contributed by atoms with Crippen LogP contribution in [-0.4, -0.2) is 53.9 Å². The van der Waals surface area contributed by atoms with Crippen LogP contribution in [0.15, 0.2) is 36.5 Å². The van der Waals surface area contributed by atoms with Crippen molar-refractivity contribution < 1.29 is 22.8 Å². The van der Waals surface area contributed by atoms with Crippen molar-refractivity contribution in [1.29, 1.82) is 0 Å². The second-order valence-corrected chi connectivity index (χ2v) is 8.65. The molecular formula is C24H28F3N5O2. The Bertz CT molecular complexity index is 1060. The Kier molecular flexibility index (Phi) is 7.06. The molecule has 2 N–H and O–H groups in total. The number of hydrogen-bond acceptors (Lipinski definition) is 5. The molecule has 7 nitrogen and oxygen atoms in total. The molecule has 1 saturated heterocycles. The Morgan fingerprint density at radius 3 is 2.79 bits per heavy atom. The number of hydrogen-bond donors (Lipinski definition) is 2. The van der Waals surface area contributed by atoms with Crippen molar-refractivity contribution in [3.63, 3.8) is 0 Å². The van der Waals surface area contributed by atoms with Crippen LogP contribution in [0.4, 0.5) is 24.7 Å². The van der Waals surface area contributed by atoms with E-state index in [-0.39, 0.29) is 30.5 Å². The molecule has 1 aromatic carbocycles. The molecule has 182 valence electrons. The topological polar surface area (TPSA) is 77.6 Å². The summed E-state index contributed by atoms with van der Waals surface area (Å²) in [5.41, 5.74) is 0.375. The van der Waals surface area contributed by atoms with E-state index in [1.54, 1.807) is 12.1 Å². The number of carbonyl (C=O) groups excluding carboxylic acids is 2. The zero-order valence-corrected chi connectivity index (χ0v) is 19.0. The predicted octanol–water partition coefficient (Wildman–Crippen LogP) is 3.66. The van der Waals surface area contributed by atoms with Gasteiger partial charge in [-0.25, -0.2) is 4.98 Å². The first-order chi connectivity index (χ1) is 16.3. The molecule has 2 amide bonds. The standard InChI is InChI=1S/C24H28F3N5O2/c1-2-3-6-9-28-22(33)17-12-19-21(29-13-17)32-11-10-31(15-20(32)23(34)30-19)14-16-7-4-5-8-18(16)24(25,26)27/h4-5,7-8,12-13,20H,2-3,6,9-11,14-15H2,1H3,(H,28,33)(H,30,34). The SMILES string of the molecule is CCCCCNC(=O)c1cnc2c(c1)NC(=O)C1CN(Cc3ccccc3C(F)(F)F)CCN21. The van der Waals surface area contributed by atoms with Gasteiger partial charge in [0.2, 0.25) is 5.91 Å². The molecule has 0 radical (unpaired) electrons. The van der Waals surface area contributed by atoms with E-state index in [9.17, 15) is 22.8 Å². The molecule has 1 aromatic heterocycles. The summed E-state index contributed by atoms with van der Waals surface area (Å²) in [5, 5.41) is 5.68. The van der Waals surface area contributed by atoms with Crippen LogP contribution in [0.1, 0.15) is 47.7 Å². The van der Waals surface area contributed by atoms with Crippen LogP contribution in [0, 0.1) is 0 Å². The van der Waals surface area contributed by atoms with Gasteiger partial charge in [-0.2, -0.15) is 13.2 Å².